The molecule has 2 aromatic heterocycles. The lowest BCUT2D eigenvalue weighted by Gasteiger charge is -2.09. The summed E-state index contributed by atoms with van der Waals surface area (Å²) < 4.78 is 2.03. The molecule has 0 aliphatic carbocycles. The van der Waals surface area contributed by atoms with Crippen LogP contribution in [0.2, 0.25) is 0 Å². The first-order valence-corrected chi connectivity index (χ1v) is 6.09. The second-order valence-corrected chi connectivity index (χ2v) is 4.45. The quantitative estimate of drug-likeness (QED) is 0.869. The van der Waals surface area contributed by atoms with E-state index in [-0.39, 0.29) is 0 Å². The first-order chi connectivity index (χ1) is 8.42. The number of nitrogens with one attached hydrogen (secondary N) is 1. The van der Waals surface area contributed by atoms with Crippen LogP contribution in [0.3, 0.4) is 0 Å². The standard InChI is InChI=1S/C13H16N4/c1-2-12(15-6-1)10-17-9-5-13(16-17)11-3-7-14-8-4-11/h3-5,7-9,12,15H,1-2,6,10H2/t12-/m1/s1. The molecule has 1 N–H and O–H groups in total. The molecule has 88 valence electrons. The molecule has 0 unspecified atom stereocenters. The van der Waals surface area contributed by atoms with E-state index in [1.165, 1.54) is 12.8 Å². The van der Waals surface area contributed by atoms with E-state index in [2.05, 4.69) is 27.7 Å². The molecule has 0 amide bonds. The van der Waals surface area contributed by atoms with Gasteiger partial charge in [0.15, 0.2) is 0 Å². The molecule has 4 nitrogen and oxygen atoms in total. The smallest absolute Gasteiger partial charge is 0.0924 e. The van der Waals surface area contributed by atoms with Crippen molar-refractivity contribution in [1.82, 2.24) is 20.1 Å². The van der Waals surface area contributed by atoms with Crippen LogP contribution in [0.25, 0.3) is 11.3 Å². The van der Waals surface area contributed by atoms with E-state index in [1.54, 1.807) is 12.4 Å². The summed E-state index contributed by atoms with van der Waals surface area (Å²) in [5, 5.41) is 8.08. The average molecular weight is 228 g/mol. The van der Waals surface area contributed by atoms with Crippen LogP contribution in [0.4, 0.5) is 0 Å². The molecule has 2 aromatic rings. The minimum Gasteiger partial charge on any atom is -0.312 e. The van der Waals surface area contributed by atoms with Gasteiger partial charge in [-0.05, 0) is 37.6 Å². The van der Waals surface area contributed by atoms with Gasteiger partial charge in [-0.2, -0.15) is 5.10 Å². The van der Waals surface area contributed by atoms with E-state index < -0.39 is 0 Å². The van der Waals surface area contributed by atoms with E-state index in [0.29, 0.717) is 6.04 Å². The Morgan fingerprint density at radius 1 is 1.29 bits per heavy atom. The van der Waals surface area contributed by atoms with Crippen LogP contribution in [0, 0.1) is 0 Å². The fourth-order valence-electron chi connectivity index (χ4n) is 2.28. The van der Waals surface area contributed by atoms with Crippen LogP contribution in [0.1, 0.15) is 12.8 Å². The molecule has 0 bridgehead atoms. The average Bonchev–Trinajstić information content (AvgIpc) is 3.02. The van der Waals surface area contributed by atoms with Gasteiger partial charge in [-0.1, -0.05) is 0 Å². The van der Waals surface area contributed by atoms with Crippen molar-refractivity contribution in [2.24, 2.45) is 0 Å². The molecule has 4 heteroatoms. The Hall–Kier alpha value is -1.68. The van der Waals surface area contributed by atoms with Gasteiger partial charge >= 0.3 is 0 Å². The van der Waals surface area contributed by atoms with Crippen LogP contribution in [0.15, 0.2) is 36.8 Å². The summed E-state index contributed by atoms with van der Waals surface area (Å²) in [5.41, 5.74) is 2.14. The zero-order valence-electron chi connectivity index (χ0n) is 9.71. The van der Waals surface area contributed by atoms with E-state index in [4.69, 9.17) is 0 Å². The molecular formula is C13H16N4. The van der Waals surface area contributed by atoms with Gasteiger partial charge in [-0.15, -0.1) is 0 Å². The maximum absolute atomic E-state index is 4.59. The number of nitrogens with zero attached hydrogens (tertiary/aromatic N) is 3. The Balaban J connectivity index is 1.74. The Bertz CT molecular complexity index is 471. The minimum absolute atomic E-state index is 0.584. The van der Waals surface area contributed by atoms with Crippen molar-refractivity contribution in [2.75, 3.05) is 6.54 Å². The van der Waals surface area contributed by atoms with Crippen LogP contribution in [0.5, 0.6) is 0 Å². The van der Waals surface area contributed by atoms with Crippen LogP contribution < -0.4 is 5.32 Å². The lowest BCUT2D eigenvalue weighted by Crippen LogP contribution is -2.26. The van der Waals surface area contributed by atoms with Crippen molar-refractivity contribution in [2.45, 2.75) is 25.4 Å². The molecule has 1 aliphatic rings. The summed E-state index contributed by atoms with van der Waals surface area (Å²) in [6.45, 7) is 2.11. The first kappa shape index (κ1) is 10.5. The van der Waals surface area contributed by atoms with Crippen molar-refractivity contribution in [3.63, 3.8) is 0 Å². The molecule has 1 aliphatic heterocycles. The van der Waals surface area contributed by atoms with Crippen LogP contribution in [-0.4, -0.2) is 27.4 Å². The summed E-state index contributed by atoms with van der Waals surface area (Å²) in [6.07, 6.45) is 8.18. The third-order valence-corrected chi connectivity index (χ3v) is 3.19. The number of pyridine rings is 1. The highest BCUT2D eigenvalue weighted by Crippen LogP contribution is 2.16. The molecule has 1 fully saturated rings. The fourth-order valence-corrected chi connectivity index (χ4v) is 2.28. The van der Waals surface area contributed by atoms with E-state index in [1.807, 2.05) is 16.8 Å². The molecule has 0 radical (unpaired) electrons. The lowest BCUT2D eigenvalue weighted by atomic mass is 10.2. The highest BCUT2D eigenvalue weighted by molar-refractivity contribution is 5.57. The highest BCUT2D eigenvalue weighted by Gasteiger charge is 2.14. The molecule has 0 spiro atoms. The summed E-state index contributed by atoms with van der Waals surface area (Å²) in [7, 11) is 0. The molecular weight excluding hydrogens is 212 g/mol. The Morgan fingerprint density at radius 2 is 2.18 bits per heavy atom. The maximum Gasteiger partial charge on any atom is 0.0924 e. The lowest BCUT2D eigenvalue weighted by molar-refractivity contribution is 0.477. The fraction of sp³-hybridized carbons (Fsp3) is 0.385. The summed E-state index contributed by atoms with van der Waals surface area (Å²) >= 11 is 0. The first-order valence-electron chi connectivity index (χ1n) is 6.09. The third-order valence-electron chi connectivity index (χ3n) is 3.19. The zero-order valence-corrected chi connectivity index (χ0v) is 9.71. The van der Waals surface area contributed by atoms with Crippen molar-refractivity contribution >= 4 is 0 Å². The Kier molecular flexibility index (Phi) is 2.88. The van der Waals surface area contributed by atoms with Crippen molar-refractivity contribution < 1.29 is 0 Å². The van der Waals surface area contributed by atoms with Crippen molar-refractivity contribution in [3.8, 4) is 11.3 Å². The second kappa shape index (κ2) is 4.67. The van der Waals surface area contributed by atoms with Crippen LogP contribution >= 0.6 is 0 Å². The van der Waals surface area contributed by atoms with E-state index >= 15 is 0 Å². The van der Waals surface area contributed by atoms with Gasteiger partial charge < -0.3 is 5.32 Å². The van der Waals surface area contributed by atoms with Crippen molar-refractivity contribution in [1.29, 1.82) is 0 Å². The van der Waals surface area contributed by atoms with Gasteiger partial charge in [-0.25, -0.2) is 0 Å². The summed E-state index contributed by atoms with van der Waals surface area (Å²) in [6, 6.07) is 6.62. The minimum atomic E-state index is 0.584. The molecule has 0 aromatic carbocycles. The largest absolute Gasteiger partial charge is 0.312 e. The van der Waals surface area contributed by atoms with Gasteiger partial charge in [0.1, 0.15) is 0 Å². The number of hydrogen-bond acceptors (Lipinski definition) is 3. The normalized spacial score (nSPS) is 19.6. The van der Waals surface area contributed by atoms with Gasteiger partial charge in [0.2, 0.25) is 0 Å². The summed E-state index contributed by atoms with van der Waals surface area (Å²) in [4.78, 5) is 4.02. The molecule has 3 heterocycles. The molecule has 17 heavy (non-hydrogen) atoms. The van der Waals surface area contributed by atoms with Gasteiger partial charge in [0, 0.05) is 30.2 Å². The third kappa shape index (κ3) is 2.36. The summed E-state index contributed by atoms with van der Waals surface area (Å²) in [5.74, 6) is 0. The second-order valence-electron chi connectivity index (χ2n) is 4.45. The monoisotopic (exact) mass is 228 g/mol. The topological polar surface area (TPSA) is 42.7 Å². The predicted octanol–water partition coefficient (Wildman–Crippen LogP) is 1.70. The van der Waals surface area contributed by atoms with Gasteiger partial charge in [0.25, 0.3) is 0 Å². The maximum atomic E-state index is 4.59. The zero-order chi connectivity index (χ0) is 11.5. The Labute approximate surface area is 101 Å². The molecule has 0 saturated carbocycles. The molecule has 3 rings (SSSR count). The van der Waals surface area contributed by atoms with E-state index in [0.717, 1.165) is 24.3 Å². The highest BCUT2D eigenvalue weighted by atomic mass is 15.3. The van der Waals surface area contributed by atoms with Crippen molar-refractivity contribution in [3.05, 3.63) is 36.8 Å². The SMILES string of the molecule is c1cc(-c2ccn(C[C@H]3CCCN3)n2)ccn1. The number of hydrogen-bond donors (Lipinski definition) is 1. The van der Waals surface area contributed by atoms with Gasteiger partial charge in [0.05, 0.1) is 12.2 Å². The predicted molar refractivity (Wildman–Crippen MR) is 66.5 cm³/mol. The van der Waals surface area contributed by atoms with Gasteiger partial charge in [-0.3, -0.25) is 9.67 Å². The molecule has 1 atom stereocenters. The number of rotatable bonds is 3. The van der Waals surface area contributed by atoms with E-state index in [9.17, 15) is 0 Å². The number of aromatic nitrogens is 3. The Morgan fingerprint density at radius 3 is 2.94 bits per heavy atom. The molecule has 1 saturated heterocycles. The van der Waals surface area contributed by atoms with Crippen LogP contribution in [-0.2, 0) is 6.54 Å².